The van der Waals surface area contributed by atoms with E-state index in [0.717, 1.165) is 36.9 Å². The van der Waals surface area contributed by atoms with Crippen LogP contribution in [0.2, 0.25) is 0 Å². The number of rotatable bonds is 10. The van der Waals surface area contributed by atoms with E-state index in [-0.39, 0.29) is 30.0 Å². The lowest BCUT2D eigenvalue weighted by molar-refractivity contribution is -0.137. The molecular formula is C24H33N3O5. The minimum absolute atomic E-state index is 0.125. The summed E-state index contributed by atoms with van der Waals surface area (Å²) in [5.74, 6) is 0.220. The van der Waals surface area contributed by atoms with Crippen molar-refractivity contribution in [1.29, 1.82) is 0 Å². The lowest BCUT2D eigenvalue weighted by Crippen LogP contribution is -2.37. The number of carbonyl (C=O) groups excluding carboxylic acids is 1. The van der Waals surface area contributed by atoms with Gasteiger partial charge in [-0.25, -0.2) is 0 Å². The molecule has 1 fully saturated rings. The van der Waals surface area contributed by atoms with Crippen LogP contribution in [0.15, 0.2) is 24.3 Å². The van der Waals surface area contributed by atoms with Crippen LogP contribution < -0.4 is 14.8 Å². The third-order valence-corrected chi connectivity index (χ3v) is 5.84. The van der Waals surface area contributed by atoms with Crippen LogP contribution in [-0.2, 0) is 4.79 Å². The van der Waals surface area contributed by atoms with Gasteiger partial charge in [-0.2, -0.15) is 5.10 Å². The largest absolute Gasteiger partial charge is 0.496 e. The number of nitrogens with zero attached hydrogens (tertiary/aromatic N) is 2. The predicted molar refractivity (Wildman–Crippen MR) is 121 cm³/mol. The Morgan fingerprint density at radius 3 is 2.34 bits per heavy atom. The summed E-state index contributed by atoms with van der Waals surface area (Å²) in [5, 5.41) is 16.8. The minimum Gasteiger partial charge on any atom is -0.496 e. The first kappa shape index (κ1) is 23.6. The van der Waals surface area contributed by atoms with Gasteiger partial charge < -0.3 is 19.9 Å². The molecule has 1 unspecified atom stereocenters. The number of ether oxygens (including phenoxy) is 2. The Hall–Kier alpha value is -3.03. The molecule has 1 aromatic carbocycles. The molecule has 32 heavy (non-hydrogen) atoms. The normalized spacial score (nSPS) is 15.0. The molecule has 2 N–H and O–H groups in total. The second-order valence-corrected chi connectivity index (χ2v) is 8.73. The Bertz CT molecular complexity index is 925. The van der Waals surface area contributed by atoms with Gasteiger partial charge >= 0.3 is 5.97 Å². The van der Waals surface area contributed by atoms with Crippen molar-refractivity contribution in [3.05, 3.63) is 30.0 Å². The van der Waals surface area contributed by atoms with Gasteiger partial charge in [0.05, 0.1) is 37.9 Å². The predicted octanol–water partition coefficient (Wildman–Crippen LogP) is 4.30. The Kier molecular flexibility index (Phi) is 7.77. The van der Waals surface area contributed by atoms with Crippen LogP contribution >= 0.6 is 0 Å². The number of aliphatic carboxylic acids is 1. The fourth-order valence-electron chi connectivity index (χ4n) is 4.46. The summed E-state index contributed by atoms with van der Waals surface area (Å²) < 4.78 is 13.1. The third kappa shape index (κ3) is 5.41. The molecule has 0 saturated heterocycles. The van der Waals surface area contributed by atoms with Crippen molar-refractivity contribution in [1.82, 2.24) is 15.1 Å². The van der Waals surface area contributed by atoms with E-state index < -0.39 is 12.0 Å². The highest BCUT2D eigenvalue weighted by atomic mass is 16.5. The molecule has 0 aliphatic heterocycles. The van der Waals surface area contributed by atoms with Crippen LogP contribution in [0.3, 0.4) is 0 Å². The Morgan fingerprint density at radius 2 is 1.81 bits per heavy atom. The molecule has 0 spiro atoms. The van der Waals surface area contributed by atoms with Crippen molar-refractivity contribution in [2.24, 2.45) is 5.92 Å². The molecule has 2 aromatic rings. The number of hydrogen-bond acceptors (Lipinski definition) is 5. The van der Waals surface area contributed by atoms with E-state index in [9.17, 15) is 14.7 Å². The van der Waals surface area contributed by atoms with Gasteiger partial charge in [-0.15, -0.1) is 0 Å². The average molecular weight is 444 g/mol. The van der Waals surface area contributed by atoms with Crippen LogP contribution in [0, 0.1) is 5.92 Å². The summed E-state index contributed by atoms with van der Waals surface area (Å²) in [4.78, 5) is 24.4. The molecule has 8 heteroatoms. The summed E-state index contributed by atoms with van der Waals surface area (Å²) in [6.07, 6.45) is 4.66. The van der Waals surface area contributed by atoms with Gasteiger partial charge in [0.25, 0.3) is 5.91 Å². The van der Waals surface area contributed by atoms with Crippen LogP contribution in [0.25, 0.3) is 11.3 Å². The molecule has 0 bridgehead atoms. The van der Waals surface area contributed by atoms with Crippen molar-refractivity contribution in [2.45, 2.75) is 64.5 Å². The smallest absolute Gasteiger partial charge is 0.305 e. The number of carboxylic acid groups (broad SMARTS) is 1. The SMILES string of the molecule is COc1cccc(OC)c1-c1cc(C(=O)NC(CC(=O)O)CC(C)C)nn1C1CCCC1. The lowest BCUT2D eigenvalue weighted by Gasteiger charge is -2.18. The Balaban J connectivity index is 2.01. The Morgan fingerprint density at radius 1 is 1.19 bits per heavy atom. The van der Waals surface area contributed by atoms with Gasteiger partial charge in [0.1, 0.15) is 11.5 Å². The van der Waals surface area contributed by atoms with Crippen molar-refractivity contribution in [3.8, 4) is 22.8 Å². The first-order chi connectivity index (χ1) is 15.3. The molecule has 1 saturated carbocycles. The molecule has 1 aromatic heterocycles. The summed E-state index contributed by atoms with van der Waals surface area (Å²) in [6.45, 7) is 4.00. The number of methoxy groups -OCH3 is 2. The van der Waals surface area contributed by atoms with Crippen LogP contribution in [0.4, 0.5) is 0 Å². The first-order valence-corrected chi connectivity index (χ1v) is 11.2. The number of nitrogens with one attached hydrogen (secondary N) is 1. The number of aromatic nitrogens is 2. The molecule has 0 radical (unpaired) electrons. The summed E-state index contributed by atoms with van der Waals surface area (Å²) in [5.41, 5.74) is 1.77. The monoisotopic (exact) mass is 443 g/mol. The van der Waals surface area contributed by atoms with Gasteiger partial charge in [0, 0.05) is 6.04 Å². The van der Waals surface area contributed by atoms with Crippen molar-refractivity contribution < 1.29 is 24.2 Å². The van der Waals surface area contributed by atoms with E-state index >= 15 is 0 Å². The topological polar surface area (TPSA) is 103 Å². The zero-order chi connectivity index (χ0) is 23.3. The van der Waals surface area contributed by atoms with Gasteiger partial charge in [-0.1, -0.05) is 32.8 Å². The molecule has 8 nitrogen and oxygen atoms in total. The number of benzene rings is 1. The molecule has 1 aliphatic carbocycles. The van der Waals surface area contributed by atoms with Crippen LogP contribution in [0.5, 0.6) is 11.5 Å². The van der Waals surface area contributed by atoms with Crippen LogP contribution in [-0.4, -0.2) is 47.0 Å². The van der Waals surface area contributed by atoms with Gasteiger partial charge in [0.2, 0.25) is 0 Å². The van der Waals surface area contributed by atoms with E-state index in [2.05, 4.69) is 10.4 Å². The van der Waals surface area contributed by atoms with E-state index in [1.165, 1.54) is 0 Å². The maximum Gasteiger partial charge on any atom is 0.305 e. The molecule has 1 heterocycles. The van der Waals surface area contributed by atoms with Gasteiger partial charge in [-0.3, -0.25) is 14.3 Å². The van der Waals surface area contributed by atoms with Gasteiger partial charge in [0.15, 0.2) is 5.69 Å². The van der Waals surface area contributed by atoms with Crippen molar-refractivity contribution in [3.63, 3.8) is 0 Å². The number of amides is 1. The first-order valence-electron chi connectivity index (χ1n) is 11.2. The summed E-state index contributed by atoms with van der Waals surface area (Å²) >= 11 is 0. The van der Waals surface area contributed by atoms with Gasteiger partial charge in [-0.05, 0) is 43.4 Å². The minimum atomic E-state index is -0.938. The van der Waals surface area contributed by atoms with Crippen molar-refractivity contribution in [2.75, 3.05) is 14.2 Å². The maximum absolute atomic E-state index is 13.1. The quantitative estimate of drug-likeness (QED) is 0.567. The molecule has 174 valence electrons. The lowest BCUT2D eigenvalue weighted by atomic mass is 10.0. The fraction of sp³-hybridized carbons (Fsp3) is 0.542. The second-order valence-electron chi connectivity index (χ2n) is 8.73. The highest BCUT2D eigenvalue weighted by Gasteiger charge is 2.28. The van der Waals surface area contributed by atoms with E-state index in [1.54, 1.807) is 20.3 Å². The summed E-state index contributed by atoms with van der Waals surface area (Å²) in [6, 6.07) is 7.05. The molecule has 1 aliphatic rings. The van der Waals surface area contributed by atoms with E-state index in [4.69, 9.17) is 9.47 Å². The van der Waals surface area contributed by atoms with E-state index in [1.807, 2.05) is 36.7 Å². The van der Waals surface area contributed by atoms with E-state index in [0.29, 0.717) is 17.9 Å². The standard InChI is InChI=1S/C24H33N3O5/c1-15(2)12-16(13-22(28)29)25-24(30)18-14-19(27(26-18)17-8-5-6-9-17)23-20(31-3)10-7-11-21(23)32-4/h7,10-11,14-17H,5-6,8-9,12-13H2,1-4H3,(H,25,30)(H,28,29). The Labute approximate surface area is 188 Å². The molecule has 1 atom stereocenters. The van der Waals surface area contributed by atoms with Crippen LogP contribution in [0.1, 0.15) is 68.9 Å². The fourth-order valence-corrected chi connectivity index (χ4v) is 4.46. The molecule has 1 amide bonds. The average Bonchev–Trinajstić information content (AvgIpc) is 3.41. The zero-order valence-electron chi connectivity index (χ0n) is 19.3. The number of carbonyl (C=O) groups is 2. The highest BCUT2D eigenvalue weighted by molar-refractivity contribution is 5.94. The second kappa shape index (κ2) is 10.5. The third-order valence-electron chi connectivity index (χ3n) is 5.84. The van der Waals surface area contributed by atoms with Crippen molar-refractivity contribution >= 4 is 11.9 Å². The number of carboxylic acids is 1. The number of hydrogen-bond donors (Lipinski definition) is 2. The maximum atomic E-state index is 13.1. The summed E-state index contributed by atoms with van der Waals surface area (Å²) in [7, 11) is 3.20. The highest BCUT2D eigenvalue weighted by Crippen LogP contribution is 2.41. The molecular weight excluding hydrogens is 410 g/mol. The molecule has 3 rings (SSSR count). The zero-order valence-corrected chi connectivity index (χ0v) is 19.3.